The fourth-order valence-electron chi connectivity index (χ4n) is 2.65. The molecular weight excluding hydrogens is 377 g/mol. The Balaban J connectivity index is 1.77. The number of hydrogen-bond donors (Lipinski definition) is 0. The number of hydrogen-bond acceptors (Lipinski definition) is 2. The van der Waals surface area contributed by atoms with Crippen molar-refractivity contribution in [3.63, 3.8) is 0 Å². The Morgan fingerprint density at radius 2 is 1.59 bits per heavy atom. The van der Waals surface area contributed by atoms with E-state index in [1.165, 1.54) is 11.1 Å². The maximum atomic E-state index is 6.39. The van der Waals surface area contributed by atoms with E-state index in [-0.39, 0.29) is 0 Å². The van der Waals surface area contributed by atoms with E-state index >= 15 is 0 Å². The first kappa shape index (κ1) is 19.5. The number of rotatable bonds is 5. The summed E-state index contributed by atoms with van der Waals surface area (Å²) >= 11 is 12.8. The van der Waals surface area contributed by atoms with E-state index in [1.54, 1.807) is 6.21 Å². The summed E-state index contributed by atoms with van der Waals surface area (Å²) in [6, 6.07) is 17.8. The second-order valence-electron chi connectivity index (χ2n) is 6.57. The molecule has 0 aromatic heterocycles. The van der Waals surface area contributed by atoms with Crippen LogP contribution in [-0.2, 0) is 6.61 Å². The summed E-state index contributed by atoms with van der Waals surface area (Å²) in [5, 5.41) is 0.939. The highest BCUT2D eigenvalue weighted by molar-refractivity contribution is 6.37. The van der Waals surface area contributed by atoms with Crippen molar-refractivity contribution in [3.8, 4) is 5.75 Å². The first-order chi connectivity index (χ1) is 12.9. The topological polar surface area (TPSA) is 21.6 Å². The number of aryl methyl sites for hydroxylation is 2. The van der Waals surface area contributed by atoms with Crippen LogP contribution in [0.5, 0.6) is 5.75 Å². The van der Waals surface area contributed by atoms with Crippen molar-refractivity contribution in [2.24, 2.45) is 4.99 Å². The average Bonchev–Trinajstić information content (AvgIpc) is 2.64. The summed E-state index contributed by atoms with van der Waals surface area (Å²) in [5.41, 5.74) is 6.40. The zero-order valence-electron chi connectivity index (χ0n) is 15.6. The molecule has 0 aliphatic heterocycles. The maximum absolute atomic E-state index is 6.39. The van der Waals surface area contributed by atoms with Gasteiger partial charge < -0.3 is 4.74 Å². The van der Waals surface area contributed by atoms with Crippen LogP contribution in [0.4, 0.5) is 5.69 Å². The fourth-order valence-corrected chi connectivity index (χ4v) is 3.26. The Morgan fingerprint density at radius 3 is 2.26 bits per heavy atom. The minimum absolute atomic E-state index is 0.412. The molecule has 4 heteroatoms. The quantitative estimate of drug-likeness (QED) is 0.415. The van der Waals surface area contributed by atoms with Gasteiger partial charge in [-0.05, 0) is 61.2 Å². The van der Waals surface area contributed by atoms with E-state index in [0.29, 0.717) is 22.4 Å². The summed E-state index contributed by atoms with van der Waals surface area (Å²) in [5.74, 6) is 0.489. The van der Waals surface area contributed by atoms with Gasteiger partial charge >= 0.3 is 0 Å². The molecule has 0 fully saturated rings. The van der Waals surface area contributed by atoms with E-state index < -0.39 is 0 Å². The number of nitrogens with zero attached hydrogens (tertiary/aromatic N) is 1. The van der Waals surface area contributed by atoms with Gasteiger partial charge in [-0.2, -0.15) is 0 Å². The van der Waals surface area contributed by atoms with E-state index in [1.807, 2.05) is 36.4 Å². The van der Waals surface area contributed by atoms with Crippen LogP contribution in [0.2, 0.25) is 10.0 Å². The van der Waals surface area contributed by atoms with Gasteiger partial charge in [-0.25, -0.2) is 0 Å². The van der Waals surface area contributed by atoms with Crippen LogP contribution in [0.1, 0.15) is 27.8 Å². The molecule has 0 bridgehead atoms. The van der Waals surface area contributed by atoms with Crippen LogP contribution in [0, 0.1) is 20.8 Å². The second kappa shape index (κ2) is 8.60. The Bertz CT molecular complexity index is 955. The van der Waals surface area contributed by atoms with Crippen LogP contribution in [0.15, 0.2) is 59.6 Å². The standard InChI is InChI=1S/C23H21Cl2NO/c1-15-7-9-18(10-8-15)14-27-23-20(24)11-19(12-21(23)25)13-26-22-6-4-5-16(2)17(22)3/h4-13H,14H2,1-3H3. The van der Waals surface area contributed by atoms with Gasteiger partial charge in [-0.15, -0.1) is 0 Å². The van der Waals surface area contributed by atoms with E-state index in [4.69, 9.17) is 27.9 Å². The molecule has 2 nitrogen and oxygen atoms in total. The minimum atomic E-state index is 0.412. The van der Waals surface area contributed by atoms with Crippen molar-refractivity contribution in [2.75, 3.05) is 0 Å². The molecule has 0 saturated carbocycles. The Labute approximate surface area is 170 Å². The number of ether oxygens (including phenoxy) is 1. The summed E-state index contributed by atoms with van der Waals surface area (Å²) in [4.78, 5) is 4.57. The maximum Gasteiger partial charge on any atom is 0.157 e. The molecule has 0 aliphatic carbocycles. The number of benzene rings is 3. The van der Waals surface area contributed by atoms with Gasteiger partial charge in [0.15, 0.2) is 5.75 Å². The summed E-state index contributed by atoms with van der Waals surface area (Å²) in [7, 11) is 0. The predicted octanol–water partition coefficient (Wildman–Crippen LogP) is 7.25. The van der Waals surface area contributed by atoms with Gasteiger partial charge in [0, 0.05) is 6.21 Å². The molecule has 0 saturated heterocycles. The van der Waals surface area contributed by atoms with Crippen molar-refractivity contribution in [1.82, 2.24) is 0 Å². The third-order valence-corrected chi connectivity index (χ3v) is 5.01. The van der Waals surface area contributed by atoms with Crippen molar-refractivity contribution < 1.29 is 4.74 Å². The van der Waals surface area contributed by atoms with Gasteiger partial charge in [0.05, 0.1) is 15.7 Å². The van der Waals surface area contributed by atoms with Crippen LogP contribution in [0.3, 0.4) is 0 Å². The highest BCUT2D eigenvalue weighted by Crippen LogP contribution is 2.34. The third kappa shape index (κ3) is 4.91. The number of aliphatic imine (C=N–C) groups is 1. The molecule has 138 valence electrons. The molecule has 0 unspecified atom stereocenters. The first-order valence-corrected chi connectivity index (χ1v) is 9.47. The van der Waals surface area contributed by atoms with E-state index in [2.05, 4.69) is 44.0 Å². The summed E-state index contributed by atoms with van der Waals surface area (Å²) in [6.07, 6.45) is 1.77. The summed E-state index contributed by atoms with van der Waals surface area (Å²) < 4.78 is 5.84. The van der Waals surface area contributed by atoms with Crippen molar-refractivity contribution in [1.29, 1.82) is 0 Å². The molecule has 3 aromatic carbocycles. The lowest BCUT2D eigenvalue weighted by Crippen LogP contribution is -1.97. The molecule has 3 rings (SSSR count). The molecular formula is C23H21Cl2NO. The molecule has 0 atom stereocenters. The smallest absolute Gasteiger partial charge is 0.157 e. The van der Waals surface area contributed by atoms with Gasteiger partial charge in [0.2, 0.25) is 0 Å². The third-order valence-electron chi connectivity index (χ3n) is 4.45. The lowest BCUT2D eigenvalue weighted by Gasteiger charge is -2.11. The summed E-state index contributed by atoms with van der Waals surface area (Å²) in [6.45, 7) is 6.60. The van der Waals surface area contributed by atoms with Crippen LogP contribution in [0.25, 0.3) is 0 Å². The molecule has 3 aromatic rings. The number of halogens is 2. The van der Waals surface area contributed by atoms with Crippen molar-refractivity contribution in [3.05, 3.63) is 92.5 Å². The Morgan fingerprint density at radius 1 is 0.926 bits per heavy atom. The van der Waals surface area contributed by atoms with Crippen molar-refractivity contribution in [2.45, 2.75) is 27.4 Å². The molecule has 0 spiro atoms. The van der Waals surface area contributed by atoms with E-state index in [9.17, 15) is 0 Å². The molecule has 0 N–H and O–H groups in total. The lowest BCUT2D eigenvalue weighted by molar-refractivity contribution is 0.306. The normalized spacial score (nSPS) is 11.1. The minimum Gasteiger partial charge on any atom is -0.486 e. The molecule has 0 radical (unpaired) electrons. The molecule has 0 amide bonds. The SMILES string of the molecule is Cc1ccc(COc2c(Cl)cc(C=Nc3cccc(C)c3C)cc2Cl)cc1. The second-order valence-corrected chi connectivity index (χ2v) is 7.38. The van der Waals surface area contributed by atoms with Crippen LogP contribution < -0.4 is 4.74 Å². The fraction of sp³-hybridized carbons (Fsp3) is 0.174. The molecule has 0 aliphatic rings. The van der Waals surface area contributed by atoms with Crippen molar-refractivity contribution >= 4 is 35.1 Å². The first-order valence-electron chi connectivity index (χ1n) is 8.71. The Hall–Kier alpha value is -2.29. The largest absolute Gasteiger partial charge is 0.486 e. The molecule has 0 heterocycles. The van der Waals surface area contributed by atoms with Crippen LogP contribution >= 0.6 is 23.2 Å². The average molecular weight is 398 g/mol. The zero-order chi connectivity index (χ0) is 19.4. The van der Waals surface area contributed by atoms with Crippen LogP contribution in [-0.4, -0.2) is 6.21 Å². The lowest BCUT2D eigenvalue weighted by atomic mass is 10.1. The predicted molar refractivity (Wildman–Crippen MR) is 115 cm³/mol. The monoisotopic (exact) mass is 397 g/mol. The highest BCUT2D eigenvalue weighted by Gasteiger charge is 2.10. The molecule has 27 heavy (non-hydrogen) atoms. The van der Waals surface area contributed by atoms with Gasteiger partial charge in [0.1, 0.15) is 6.61 Å². The zero-order valence-corrected chi connectivity index (χ0v) is 17.1. The van der Waals surface area contributed by atoms with Gasteiger partial charge in [0.25, 0.3) is 0 Å². The van der Waals surface area contributed by atoms with Gasteiger partial charge in [-0.1, -0.05) is 65.2 Å². The van der Waals surface area contributed by atoms with Gasteiger partial charge in [-0.3, -0.25) is 4.99 Å². The van der Waals surface area contributed by atoms with E-state index in [0.717, 1.165) is 22.4 Å². The highest BCUT2D eigenvalue weighted by atomic mass is 35.5. The Kier molecular flexibility index (Phi) is 6.20.